The molecule has 3 aromatic rings. The highest BCUT2D eigenvalue weighted by atomic mass is 35.5. The standard InChI is InChI=1S/C28H30ClFN4O5S2/c1-28(2)38-15-20(39-28)14-37-27-25(34-24(35)12-21-8-9-40-41-21)26(31-16-32-27)33-19-6-7-23(22(29)11-19)36-13-17-4-3-5-18(30)10-17/h3-7,10-11,16,20-21H,8-9,12-15H2,1-2H3,(H,34,35)(H,31,32,33)/t20-,21?/m0/s1. The molecule has 2 N–H and O–H groups in total. The van der Waals surface area contributed by atoms with Crippen LogP contribution in [0.1, 0.15) is 32.3 Å². The molecular weight excluding hydrogens is 591 g/mol. The van der Waals surface area contributed by atoms with Crippen LogP contribution in [0.4, 0.5) is 21.6 Å². The van der Waals surface area contributed by atoms with Crippen LogP contribution in [0.3, 0.4) is 0 Å². The quantitative estimate of drug-likeness (QED) is 0.228. The second-order valence-electron chi connectivity index (χ2n) is 9.93. The van der Waals surface area contributed by atoms with Gasteiger partial charge in [-0.3, -0.25) is 4.79 Å². The molecule has 0 saturated carbocycles. The number of nitrogens with one attached hydrogen (secondary N) is 2. The topological polar surface area (TPSA) is 104 Å². The normalized spacial score (nSPS) is 19.6. The van der Waals surface area contributed by atoms with E-state index in [4.69, 9.17) is 30.5 Å². The first-order valence-electron chi connectivity index (χ1n) is 13.1. The molecular formula is C28H30ClFN4O5S2. The smallest absolute Gasteiger partial charge is 0.243 e. The van der Waals surface area contributed by atoms with E-state index >= 15 is 0 Å². The summed E-state index contributed by atoms with van der Waals surface area (Å²) in [7, 11) is 3.50. The molecule has 1 amide bonds. The summed E-state index contributed by atoms with van der Waals surface area (Å²) in [4.78, 5) is 21.7. The molecule has 41 heavy (non-hydrogen) atoms. The molecule has 2 saturated heterocycles. The maximum atomic E-state index is 13.5. The second-order valence-corrected chi connectivity index (χ2v) is 13.1. The van der Waals surface area contributed by atoms with Gasteiger partial charge in [-0.2, -0.15) is 4.98 Å². The highest BCUT2D eigenvalue weighted by molar-refractivity contribution is 8.77. The van der Waals surface area contributed by atoms with Crippen molar-refractivity contribution in [1.82, 2.24) is 9.97 Å². The average molecular weight is 621 g/mol. The van der Waals surface area contributed by atoms with Gasteiger partial charge in [0.2, 0.25) is 11.8 Å². The zero-order valence-electron chi connectivity index (χ0n) is 22.5. The highest BCUT2D eigenvalue weighted by Crippen LogP contribution is 2.40. The van der Waals surface area contributed by atoms with Gasteiger partial charge in [0.25, 0.3) is 0 Å². The highest BCUT2D eigenvalue weighted by Gasteiger charge is 2.33. The molecule has 0 radical (unpaired) electrons. The number of ether oxygens (including phenoxy) is 4. The van der Waals surface area contributed by atoms with Crippen LogP contribution in [0.2, 0.25) is 5.02 Å². The minimum absolute atomic E-state index is 0.159. The van der Waals surface area contributed by atoms with Crippen LogP contribution < -0.4 is 20.1 Å². The summed E-state index contributed by atoms with van der Waals surface area (Å²) in [5.74, 6) is 0.836. The SMILES string of the molecule is CC1(C)OC[C@H](COc2ncnc(Nc3ccc(OCc4cccc(F)c4)c(Cl)c3)c2NC(=O)CC2CCSS2)O1. The summed E-state index contributed by atoms with van der Waals surface area (Å²) in [5, 5.41) is 6.75. The molecule has 2 atom stereocenters. The van der Waals surface area contributed by atoms with Gasteiger partial charge in [-0.05, 0) is 56.2 Å². The van der Waals surface area contributed by atoms with E-state index < -0.39 is 5.79 Å². The summed E-state index contributed by atoms with van der Waals surface area (Å²) >= 11 is 6.49. The summed E-state index contributed by atoms with van der Waals surface area (Å²) < 4.78 is 36.7. The Bertz CT molecular complexity index is 1380. The number of nitrogens with zero attached hydrogens (tertiary/aromatic N) is 2. The maximum absolute atomic E-state index is 13.5. The number of carbonyl (C=O) groups is 1. The van der Waals surface area contributed by atoms with E-state index in [0.717, 1.165) is 12.2 Å². The first kappa shape index (κ1) is 29.7. The van der Waals surface area contributed by atoms with Gasteiger partial charge in [0.15, 0.2) is 11.6 Å². The van der Waals surface area contributed by atoms with Crippen molar-refractivity contribution in [2.24, 2.45) is 0 Å². The number of rotatable bonds is 11. The van der Waals surface area contributed by atoms with Crippen LogP contribution >= 0.6 is 33.2 Å². The van der Waals surface area contributed by atoms with Gasteiger partial charge in [-0.15, -0.1) is 0 Å². The average Bonchev–Trinajstić information content (AvgIpc) is 3.57. The minimum Gasteiger partial charge on any atom is -0.487 e. The van der Waals surface area contributed by atoms with Crippen molar-refractivity contribution in [3.8, 4) is 11.6 Å². The summed E-state index contributed by atoms with van der Waals surface area (Å²) in [6.45, 7) is 4.41. The lowest BCUT2D eigenvalue weighted by atomic mass is 10.2. The van der Waals surface area contributed by atoms with E-state index in [9.17, 15) is 9.18 Å². The van der Waals surface area contributed by atoms with Crippen molar-refractivity contribution in [1.29, 1.82) is 0 Å². The van der Waals surface area contributed by atoms with Crippen LogP contribution in [-0.4, -0.2) is 52.0 Å². The third-order valence-corrected chi connectivity index (χ3v) is 9.40. The van der Waals surface area contributed by atoms with Gasteiger partial charge in [0.1, 0.15) is 42.9 Å². The maximum Gasteiger partial charge on any atom is 0.243 e. The van der Waals surface area contributed by atoms with Crippen LogP contribution in [0, 0.1) is 5.82 Å². The van der Waals surface area contributed by atoms with E-state index in [1.165, 1.54) is 18.5 Å². The van der Waals surface area contributed by atoms with Crippen molar-refractivity contribution in [3.63, 3.8) is 0 Å². The van der Waals surface area contributed by atoms with Gasteiger partial charge >= 0.3 is 0 Å². The molecule has 2 aliphatic rings. The molecule has 218 valence electrons. The largest absolute Gasteiger partial charge is 0.487 e. The number of benzene rings is 2. The zero-order chi connectivity index (χ0) is 28.8. The van der Waals surface area contributed by atoms with Crippen LogP contribution in [0.25, 0.3) is 0 Å². The van der Waals surface area contributed by atoms with Crippen LogP contribution in [0.5, 0.6) is 11.6 Å². The molecule has 0 bridgehead atoms. The van der Waals surface area contributed by atoms with Crippen molar-refractivity contribution in [2.75, 3.05) is 29.6 Å². The molecule has 1 unspecified atom stereocenters. The Balaban J connectivity index is 1.31. The number of amides is 1. The Labute approximate surface area is 250 Å². The fourth-order valence-corrected chi connectivity index (χ4v) is 7.36. The summed E-state index contributed by atoms with van der Waals surface area (Å²) in [6, 6.07) is 11.3. The first-order valence-corrected chi connectivity index (χ1v) is 15.8. The lowest BCUT2D eigenvalue weighted by molar-refractivity contribution is -0.141. The number of hydrogen-bond acceptors (Lipinski definition) is 10. The molecule has 0 aliphatic carbocycles. The molecule has 5 rings (SSSR count). The predicted molar refractivity (Wildman–Crippen MR) is 160 cm³/mol. The molecule has 2 aromatic carbocycles. The number of anilines is 3. The van der Waals surface area contributed by atoms with E-state index in [2.05, 4.69) is 20.6 Å². The van der Waals surface area contributed by atoms with Crippen molar-refractivity contribution in [3.05, 3.63) is 65.2 Å². The van der Waals surface area contributed by atoms with E-state index in [-0.39, 0.29) is 42.2 Å². The lowest BCUT2D eigenvalue weighted by Gasteiger charge is -2.19. The van der Waals surface area contributed by atoms with Crippen molar-refractivity contribution >= 4 is 56.3 Å². The fraction of sp³-hybridized carbons (Fsp3) is 0.393. The van der Waals surface area contributed by atoms with E-state index in [1.807, 2.05) is 13.8 Å². The molecule has 9 nitrogen and oxygen atoms in total. The van der Waals surface area contributed by atoms with Crippen LogP contribution in [-0.2, 0) is 20.9 Å². The van der Waals surface area contributed by atoms with Gasteiger partial charge in [-0.1, -0.05) is 45.3 Å². The molecule has 1 aromatic heterocycles. The van der Waals surface area contributed by atoms with Gasteiger partial charge in [-0.25, -0.2) is 9.37 Å². The monoisotopic (exact) mass is 620 g/mol. The molecule has 13 heteroatoms. The predicted octanol–water partition coefficient (Wildman–Crippen LogP) is 6.60. The van der Waals surface area contributed by atoms with E-state index in [0.29, 0.717) is 46.6 Å². The number of aromatic nitrogens is 2. The molecule has 2 fully saturated rings. The number of hydrogen-bond donors (Lipinski definition) is 2. The second kappa shape index (κ2) is 13.5. The van der Waals surface area contributed by atoms with Crippen molar-refractivity contribution < 1.29 is 28.1 Å². The fourth-order valence-electron chi connectivity index (χ4n) is 4.23. The Morgan fingerprint density at radius 1 is 1.22 bits per heavy atom. The van der Waals surface area contributed by atoms with Gasteiger partial charge < -0.3 is 29.6 Å². The molecule has 3 heterocycles. The van der Waals surface area contributed by atoms with Gasteiger partial charge in [0, 0.05) is 23.1 Å². The zero-order valence-corrected chi connectivity index (χ0v) is 24.9. The Morgan fingerprint density at radius 3 is 2.83 bits per heavy atom. The van der Waals surface area contributed by atoms with E-state index in [1.54, 1.807) is 51.9 Å². The van der Waals surface area contributed by atoms with Crippen LogP contribution in [0.15, 0.2) is 48.8 Å². The minimum atomic E-state index is -0.688. The first-order chi connectivity index (χ1) is 19.7. The van der Waals surface area contributed by atoms with Gasteiger partial charge in [0.05, 0.1) is 11.6 Å². The third-order valence-electron chi connectivity index (χ3n) is 6.17. The number of carbonyl (C=O) groups excluding carboxylic acids is 1. The summed E-state index contributed by atoms with van der Waals surface area (Å²) in [5.41, 5.74) is 1.60. The Morgan fingerprint density at radius 2 is 2.10 bits per heavy atom. The molecule has 2 aliphatic heterocycles. The lowest BCUT2D eigenvalue weighted by Crippen LogP contribution is -2.26. The summed E-state index contributed by atoms with van der Waals surface area (Å²) in [6.07, 6.45) is 2.40. The van der Waals surface area contributed by atoms with Crippen molar-refractivity contribution in [2.45, 2.75) is 50.4 Å². The Hall–Kier alpha value is -2.77. The number of halogens is 2. The Kier molecular flexibility index (Phi) is 9.76. The molecule has 0 spiro atoms. The third kappa shape index (κ3) is 8.39.